The van der Waals surface area contributed by atoms with Gasteiger partial charge >= 0.3 is 5.97 Å². The van der Waals surface area contributed by atoms with Gasteiger partial charge in [0.2, 0.25) is 0 Å². The fourth-order valence-corrected chi connectivity index (χ4v) is 1.09. The zero-order valence-electron chi connectivity index (χ0n) is 8.46. The number of nitrogens with zero attached hydrogens (tertiary/aromatic N) is 1. The lowest BCUT2D eigenvalue weighted by Crippen LogP contribution is -2.09. The number of methoxy groups -OCH3 is 2. The van der Waals surface area contributed by atoms with Crippen LogP contribution in [-0.4, -0.2) is 25.2 Å². The molecule has 0 saturated carbocycles. The molecule has 0 saturated heterocycles. The van der Waals surface area contributed by atoms with Crippen molar-refractivity contribution in [3.63, 3.8) is 0 Å². The van der Waals surface area contributed by atoms with Crippen LogP contribution in [0.25, 0.3) is 0 Å². The molecule has 0 aliphatic heterocycles. The van der Waals surface area contributed by atoms with Gasteiger partial charge in [0.25, 0.3) is 12.4 Å². The molecule has 0 bridgehead atoms. The lowest BCUT2D eigenvalue weighted by atomic mass is 10.2. The second-order valence-electron chi connectivity index (χ2n) is 2.71. The molecule has 0 unspecified atom stereocenters. The Morgan fingerprint density at radius 3 is 2.50 bits per heavy atom. The SMILES string of the molecule is COC(=O)c1cc(C(F)F)c(OC)c(F)n1. The van der Waals surface area contributed by atoms with Crippen molar-refractivity contribution in [2.75, 3.05) is 14.2 Å². The highest BCUT2D eigenvalue weighted by molar-refractivity contribution is 5.87. The Bertz CT molecular complexity index is 409. The van der Waals surface area contributed by atoms with E-state index in [-0.39, 0.29) is 0 Å². The normalized spacial score (nSPS) is 10.4. The van der Waals surface area contributed by atoms with Crippen molar-refractivity contribution >= 4 is 5.97 Å². The molecule has 4 nitrogen and oxygen atoms in total. The highest BCUT2D eigenvalue weighted by Crippen LogP contribution is 2.31. The van der Waals surface area contributed by atoms with Crippen molar-refractivity contribution in [3.8, 4) is 5.75 Å². The predicted octanol–water partition coefficient (Wildman–Crippen LogP) is 1.95. The van der Waals surface area contributed by atoms with Crippen LogP contribution in [0.3, 0.4) is 0 Å². The number of esters is 1. The maximum absolute atomic E-state index is 13.2. The van der Waals surface area contributed by atoms with Gasteiger partial charge in [-0.15, -0.1) is 0 Å². The van der Waals surface area contributed by atoms with Gasteiger partial charge in [-0.2, -0.15) is 4.39 Å². The zero-order valence-corrected chi connectivity index (χ0v) is 8.46. The van der Waals surface area contributed by atoms with Gasteiger partial charge in [0.1, 0.15) is 0 Å². The van der Waals surface area contributed by atoms with Crippen molar-refractivity contribution in [3.05, 3.63) is 23.3 Å². The van der Waals surface area contributed by atoms with Crippen LogP contribution in [-0.2, 0) is 4.74 Å². The van der Waals surface area contributed by atoms with E-state index in [1.807, 2.05) is 0 Å². The number of hydrogen-bond acceptors (Lipinski definition) is 4. The summed E-state index contributed by atoms with van der Waals surface area (Å²) >= 11 is 0. The predicted molar refractivity (Wildman–Crippen MR) is 47.0 cm³/mol. The van der Waals surface area contributed by atoms with Crippen molar-refractivity contribution < 1.29 is 27.4 Å². The van der Waals surface area contributed by atoms with Crippen LogP contribution in [0.2, 0.25) is 0 Å². The van der Waals surface area contributed by atoms with E-state index in [0.29, 0.717) is 0 Å². The summed E-state index contributed by atoms with van der Waals surface area (Å²) in [6.45, 7) is 0. The molecule has 0 spiro atoms. The average molecular weight is 235 g/mol. The molecule has 0 radical (unpaired) electrons. The van der Waals surface area contributed by atoms with E-state index >= 15 is 0 Å². The lowest BCUT2D eigenvalue weighted by Gasteiger charge is -2.09. The number of halogens is 3. The highest BCUT2D eigenvalue weighted by Gasteiger charge is 2.23. The zero-order chi connectivity index (χ0) is 12.3. The summed E-state index contributed by atoms with van der Waals surface area (Å²) in [5.41, 5.74) is -1.27. The van der Waals surface area contributed by atoms with Crippen molar-refractivity contribution in [1.29, 1.82) is 0 Å². The average Bonchev–Trinajstić information content (AvgIpc) is 2.26. The number of rotatable bonds is 3. The first kappa shape index (κ1) is 12.3. The maximum Gasteiger partial charge on any atom is 0.356 e. The minimum absolute atomic E-state index is 0.531. The molecule has 0 aliphatic carbocycles. The summed E-state index contributed by atoms with van der Waals surface area (Å²) in [5, 5.41) is 0. The molecule has 88 valence electrons. The second-order valence-corrected chi connectivity index (χ2v) is 2.71. The molecule has 0 aromatic carbocycles. The standard InChI is InChI=1S/C9H8F3NO3/c1-15-6-4(7(10)11)3-5(9(14)16-2)13-8(6)12/h3,7H,1-2H3. The molecule has 0 N–H and O–H groups in total. The van der Waals surface area contributed by atoms with Crippen LogP contribution in [0.5, 0.6) is 5.75 Å². The molecule has 0 amide bonds. The third-order valence-electron chi connectivity index (χ3n) is 1.79. The van der Waals surface area contributed by atoms with E-state index in [9.17, 15) is 18.0 Å². The maximum atomic E-state index is 13.2. The summed E-state index contributed by atoms with van der Waals surface area (Å²) in [7, 11) is 2.07. The number of carbonyl (C=O) groups is 1. The molecule has 16 heavy (non-hydrogen) atoms. The number of pyridine rings is 1. The molecule has 1 aromatic rings. The summed E-state index contributed by atoms with van der Waals surface area (Å²) in [5.74, 6) is -2.95. The minimum Gasteiger partial charge on any atom is -0.492 e. The van der Waals surface area contributed by atoms with Gasteiger partial charge in [-0.25, -0.2) is 18.6 Å². The summed E-state index contributed by atoms with van der Waals surface area (Å²) in [4.78, 5) is 14.2. The fraction of sp³-hybridized carbons (Fsp3) is 0.333. The topological polar surface area (TPSA) is 48.4 Å². The fourth-order valence-electron chi connectivity index (χ4n) is 1.09. The van der Waals surface area contributed by atoms with E-state index in [0.717, 1.165) is 20.3 Å². The van der Waals surface area contributed by atoms with Gasteiger partial charge in [0.05, 0.1) is 19.8 Å². The van der Waals surface area contributed by atoms with Gasteiger partial charge in [0.15, 0.2) is 11.4 Å². The minimum atomic E-state index is -2.98. The van der Waals surface area contributed by atoms with Crippen molar-refractivity contribution in [2.24, 2.45) is 0 Å². The number of aromatic nitrogens is 1. The molecule has 0 fully saturated rings. The van der Waals surface area contributed by atoms with Crippen LogP contribution in [0, 0.1) is 5.95 Å². The van der Waals surface area contributed by atoms with Crippen LogP contribution >= 0.6 is 0 Å². The highest BCUT2D eigenvalue weighted by atomic mass is 19.3. The molecule has 7 heteroatoms. The summed E-state index contributed by atoms with van der Waals surface area (Å²) in [6.07, 6.45) is -2.98. The third kappa shape index (κ3) is 2.23. The van der Waals surface area contributed by atoms with E-state index in [1.165, 1.54) is 0 Å². The third-order valence-corrected chi connectivity index (χ3v) is 1.79. The number of ether oxygens (including phenoxy) is 2. The Morgan fingerprint density at radius 2 is 2.06 bits per heavy atom. The first-order chi connectivity index (χ1) is 7.51. The quantitative estimate of drug-likeness (QED) is 0.593. The molecule has 0 atom stereocenters. The van der Waals surface area contributed by atoms with Crippen LogP contribution in [0.4, 0.5) is 13.2 Å². The molecule has 0 aliphatic rings. The van der Waals surface area contributed by atoms with E-state index in [1.54, 1.807) is 0 Å². The molecule has 1 heterocycles. The summed E-state index contributed by atoms with van der Waals surface area (Å²) in [6, 6.07) is 0.735. The smallest absolute Gasteiger partial charge is 0.356 e. The van der Waals surface area contributed by atoms with E-state index in [4.69, 9.17) is 0 Å². The van der Waals surface area contributed by atoms with Gasteiger partial charge in [-0.05, 0) is 6.07 Å². The van der Waals surface area contributed by atoms with Crippen molar-refractivity contribution in [2.45, 2.75) is 6.43 Å². The lowest BCUT2D eigenvalue weighted by molar-refractivity contribution is 0.0591. The Balaban J connectivity index is 3.33. The first-order valence-corrected chi connectivity index (χ1v) is 4.12. The first-order valence-electron chi connectivity index (χ1n) is 4.12. The molecule has 1 aromatic heterocycles. The van der Waals surface area contributed by atoms with Crippen LogP contribution < -0.4 is 4.74 Å². The Kier molecular flexibility index (Phi) is 3.70. The monoisotopic (exact) mass is 235 g/mol. The number of hydrogen-bond donors (Lipinski definition) is 0. The van der Waals surface area contributed by atoms with Crippen LogP contribution in [0.1, 0.15) is 22.5 Å². The van der Waals surface area contributed by atoms with Gasteiger partial charge in [0, 0.05) is 0 Å². The van der Waals surface area contributed by atoms with Gasteiger partial charge < -0.3 is 9.47 Å². The Labute approximate surface area is 89.0 Å². The van der Waals surface area contributed by atoms with Gasteiger partial charge in [-0.3, -0.25) is 0 Å². The van der Waals surface area contributed by atoms with Gasteiger partial charge in [-0.1, -0.05) is 0 Å². The van der Waals surface area contributed by atoms with Crippen molar-refractivity contribution in [1.82, 2.24) is 4.98 Å². The second kappa shape index (κ2) is 4.82. The Morgan fingerprint density at radius 1 is 1.44 bits per heavy atom. The number of alkyl halides is 2. The Hall–Kier alpha value is -1.79. The van der Waals surface area contributed by atoms with E-state index < -0.39 is 35.3 Å². The largest absolute Gasteiger partial charge is 0.492 e. The van der Waals surface area contributed by atoms with E-state index in [2.05, 4.69) is 14.5 Å². The number of carbonyl (C=O) groups excluding carboxylic acids is 1. The van der Waals surface area contributed by atoms with Crippen LogP contribution in [0.15, 0.2) is 6.07 Å². The molecule has 1 rings (SSSR count). The summed E-state index contributed by atoms with van der Waals surface area (Å²) < 4.78 is 46.9. The molecular weight excluding hydrogens is 227 g/mol. The molecular formula is C9H8F3NO3.